The molecule has 3 aromatic carbocycles. The second kappa shape index (κ2) is 16.4. The third-order valence-corrected chi connectivity index (χ3v) is 8.63. The predicted octanol–water partition coefficient (Wildman–Crippen LogP) is 3.42. The van der Waals surface area contributed by atoms with Crippen molar-refractivity contribution in [3.8, 4) is 11.5 Å². The summed E-state index contributed by atoms with van der Waals surface area (Å²) in [7, 11) is 0. The van der Waals surface area contributed by atoms with Gasteiger partial charge in [0.1, 0.15) is 36.9 Å². The second-order valence-corrected chi connectivity index (χ2v) is 12.5. The lowest BCUT2D eigenvalue weighted by molar-refractivity contribution is 0.0437. The number of nitrogens with zero attached hydrogens (tertiary/aromatic N) is 4. The number of hydrogen-bond donors (Lipinski definition) is 2. The Bertz CT molecular complexity index is 1140. The Labute approximate surface area is 263 Å². The van der Waals surface area contributed by atoms with Gasteiger partial charge in [-0.25, -0.2) is 0 Å². The molecule has 2 aliphatic heterocycles. The maximum absolute atomic E-state index is 10.6. The number of aryl methyl sites for hydroxylation is 2. The SMILES string of the molecule is Cc1ccc(CN2CCN(C[C@@H](O)COc3ccc(OC[C@H](O)CN4CCN(Cc5ccc(C)cc5)CC4)cc3)CC2)cc1. The molecule has 8 nitrogen and oxygen atoms in total. The van der Waals surface area contributed by atoms with Crippen LogP contribution in [-0.2, 0) is 13.1 Å². The molecule has 0 saturated carbocycles. The maximum atomic E-state index is 10.6. The minimum absolute atomic E-state index is 0.251. The van der Waals surface area contributed by atoms with E-state index in [4.69, 9.17) is 9.47 Å². The van der Waals surface area contributed by atoms with Crippen molar-refractivity contribution in [1.29, 1.82) is 0 Å². The van der Waals surface area contributed by atoms with Crippen LogP contribution in [0.25, 0.3) is 0 Å². The molecule has 0 radical (unpaired) electrons. The maximum Gasteiger partial charge on any atom is 0.119 e. The van der Waals surface area contributed by atoms with Crippen molar-refractivity contribution in [3.05, 3.63) is 95.1 Å². The summed E-state index contributed by atoms with van der Waals surface area (Å²) in [5.74, 6) is 1.40. The number of rotatable bonds is 14. The zero-order valence-electron chi connectivity index (χ0n) is 26.5. The zero-order chi connectivity index (χ0) is 30.7. The Kier molecular flexibility index (Phi) is 12.1. The number of β-amino-alcohol motifs (C(OH)–C–C–N with tert-alkyl or cyclic N) is 2. The van der Waals surface area contributed by atoms with Gasteiger partial charge in [0.05, 0.1) is 0 Å². The lowest BCUT2D eigenvalue weighted by Gasteiger charge is -2.35. The molecule has 238 valence electrons. The van der Waals surface area contributed by atoms with Gasteiger partial charge in [-0.15, -0.1) is 0 Å². The molecule has 2 N–H and O–H groups in total. The summed E-state index contributed by atoms with van der Waals surface area (Å²) in [5.41, 5.74) is 5.28. The average Bonchev–Trinajstić information content (AvgIpc) is 3.04. The fourth-order valence-electron chi connectivity index (χ4n) is 5.88. The standard InChI is InChI=1S/C36H50N4O4/c1-29-3-7-31(8-4-29)23-37-15-19-39(20-16-37)25-33(41)27-43-35-11-13-36(14-12-35)44-28-34(42)26-40-21-17-38(18-22-40)24-32-9-5-30(2)6-10-32/h3-14,33-34,41-42H,15-28H2,1-2H3/t33-,34-/m1/s1. The topological polar surface area (TPSA) is 71.9 Å². The quantitative estimate of drug-likeness (QED) is 0.291. The van der Waals surface area contributed by atoms with Gasteiger partial charge < -0.3 is 19.7 Å². The van der Waals surface area contributed by atoms with Gasteiger partial charge in [0, 0.05) is 78.5 Å². The van der Waals surface area contributed by atoms with E-state index in [0.29, 0.717) is 24.6 Å². The van der Waals surface area contributed by atoms with Gasteiger partial charge in [-0.05, 0) is 49.2 Å². The van der Waals surface area contributed by atoms with E-state index >= 15 is 0 Å². The van der Waals surface area contributed by atoms with Gasteiger partial charge in [-0.2, -0.15) is 0 Å². The Morgan fingerprint density at radius 2 is 0.818 bits per heavy atom. The fraction of sp³-hybridized carbons (Fsp3) is 0.500. The predicted molar refractivity (Wildman–Crippen MR) is 175 cm³/mol. The number of aliphatic hydroxyl groups excluding tert-OH is 2. The summed E-state index contributed by atoms with van der Waals surface area (Å²) in [4.78, 5) is 9.57. The largest absolute Gasteiger partial charge is 0.491 e. The van der Waals surface area contributed by atoms with Crippen LogP contribution < -0.4 is 9.47 Å². The average molecular weight is 603 g/mol. The van der Waals surface area contributed by atoms with Crippen molar-refractivity contribution in [2.45, 2.75) is 39.1 Å². The van der Waals surface area contributed by atoms with E-state index in [0.717, 1.165) is 65.4 Å². The number of piperazine rings is 2. The van der Waals surface area contributed by atoms with Crippen molar-refractivity contribution in [2.24, 2.45) is 0 Å². The van der Waals surface area contributed by atoms with Gasteiger partial charge in [-0.3, -0.25) is 19.6 Å². The lowest BCUT2D eigenvalue weighted by atomic mass is 10.1. The monoisotopic (exact) mass is 602 g/mol. The molecule has 8 heteroatoms. The molecule has 44 heavy (non-hydrogen) atoms. The summed E-state index contributed by atoms with van der Waals surface area (Å²) in [6, 6.07) is 24.9. The molecule has 2 aliphatic rings. The number of benzene rings is 3. The minimum atomic E-state index is -0.547. The van der Waals surface area contributed by atoms with E-state index < -0.39 is 12.2 Å². The molecule has 2 fully saturated rings. The van der Waals surface area contributed by atoms with Crippen LogP contribution in [0.3, 0.4) is 0 Å². The van der Waals surface area contributed by atoms with Gasteiger partial charge in [0.25, 0.3) is 0 Å². The first-order valence-corrected chi connectivity index (χ1v) is 16.1. The van der Waals surface area contributed by atoms with Gasteiger partial charge in [0.15, 0.2) is 0 Å². The van der Waals surface area contributed by atoms with E-state index in [9.17, 15) is 10.2 Å². The molecule has 0 bridgehead atoms. The van der Waals surface area contributed by atoms with Crippen molar-refractivity contribution in [2.75, 3.05) is 78.7 Å². The molecule has 3 aromatic rings. The molecule has 2 saturated heterocycles. The lowest BCUT2D eigenvalue weighted by Crippen LogP contribution is -2.48. The molecule has 0 aliphatic carbocycles. The van der Waals surface area contributed by atoms with Crippen molar-refractivity contribution >= 4 is 0 Å². The van der Waals surface area contributed by atoms with E-state index in [1.54, 1.807) is 0 Å². The summed E-state index contributed by atoms with van der Waals surface area (Å²) in [5, 5.41) is 21.1. The van der Waals surface area contributed by atoms with Crippen molar-refractivity contribution in [3.63, 3.8) is 0 Å². The van der Waals surface area contributed by atoms with Crippen LogP contribution in [0.5, 0.6) is 11.5 Å². The van der Waals surface area contributed by atoms with Crippen LogP contribution in [0.4, 0.5) is 0 Å². The van der Waals surface area contributed by atoms with Crippen LogP contribution in [0.15, 0.2) is 72.8 Å². The summed E-state index contributed by atoms with van der Waals surface area (Å²) >= 11 is 0. The number of aliphatic hydroxyl groups is 2. The van der Waals surface area contributed by atoms with E-state index in [1.807, 2.05) is 24.3 Å². The highest BCUT2D eigenvalue weighted by Crippen LogP contribution is 2.19. The third kappa shape index (κ3) is 10.6. The molecule has 0 unspecified atom stereocenters. The summed E-state index contributed by atoms with van der Waals surface area (Å²) in [6.45, 7) is 15.7. The van der Waals surface area contributed by atoms with Crippen LogP contribution in [0, 0.1) is 13.8 Å². The molecule has 0 spiro atoms. The van der Waals surface area contributed by atoms with E-state index in [-0.39, 0.29) is 13.2 Å². The smallest absolute Gasteiger partial charge is 0.119 e. The minimum Gasteiger partial charge on any atom is -0.491 e. The number of ether oxygens (including phenoxy) is 2. The zero-order valence-corrected chi connectivity index (χ0v) is 26.5. The van der Waals surface area contributed by atoms with E-state index in [2.05, 4.69) is 82.0 Å². The van der Waals surface area contributed by atoms with Crippen LogP contribution in [0.2, 0.25) is 0 Å². The summed E-state index contributed by atoms with van der Waals surface area (Å²) in [6.07, 6.45) is -1.09. The summed E-state index contributed by atoms with van der Waals surface area (Å²) < 4.78 is 11.7. The molecule has 2 heterocycles. The van der Waals surface area contributed by atoms with Crippen LogP contribution >= 0.6 is 0 Å². The highest BCUT2D eigenvalue weighted by molar-refractivity contribution is 5.31. The second-order valence-electron chi connectivity index (χ2n) is 12.5. The Morgan fingerprint density at radius 3 is 1.16 bits per heavy atom. The molecule has 0 aromatic heterocycles. The Morgan fingerprint density at radius 1 is 0.500 bits per heavy atom. The van der Waals surface area contributed by atoms with E-state index in [1.165, 1.54) is 22.3 Å². The van der Waals surface area contributed by atoms with Crippen molar-refractivity contribution in [1.82, 2.24) is 19.6 Å². The highest BCUT2D eigenvalue weighted by atomic mass is 16.5. The molecule has 0 amide bonds. The van der Waals surface area contributed by atoms with Gasteiger partial charge in [0.2, 0.25) is 0 Å². The number of hydrogen-bond acceptors (Lipinski definition) is 8. The normalized spacial score (nSPS) is 18.6. The highest BCUT2D eigenvalue weighted by Gasteiger charge is 2.21. The van der Waals surface area contributed by atoms with Crippen molar-refractivity contribution < 1.29 is 19.7 Å². The van der Waals surface area contributed by atoms with Crippen LogP contribution in [-0.4, -0.2) is 121 Å². The Balaban J connectivity index is 0.926. The van der Waals surface area contributed by atoms with Gasteiger partial charge >= 0.3 is 0 Å². The fourth-order valence-corrected chi connectivity index (χ4v) is 5.88. The molecular weight excluding hydrogens is 552 g/mol. The first-order chi connectivity index (χ1) is 21.4. The molecule has 5 rings (SSSR count). The van der Waals surface area contributed by atoms with Crippen LogP contribution in [0.1, 0.15) is 22.3 Å². The Hall–Kier alpha value is -2.98. The first-order valence-electron chi connectivity index (χ1n) is 16.1. The van der Waals surface area contributed by atoms with Gasteiger partial charge in [-0.1, -0.05) is 59.7 Å². The molecule has 2 atom stereocenters. The third-order valence-electron chi connectivity index (χ3n) is 8.63. The first kappa shape index (κ1) is 32.4. The molecular formula is C36H50N4O4.